The maximum atomic E-state index is 5.36. The highest BCUT2D eigenvalue weighted by Crippen LogP contribution is 2.53. The lowest BCUT2D eigenvalue weighted by Crippen LogP contribution is -2.18. The molecule has 3 heterocycles. The van der Waals surface area contributed by atoms with Crippen LogP contribution in [0, 0.1) is 0 Å². The van der Waals surface area contributed by atoms with E-state index in [4.69, 9.17) is 9.97 Å². The van der Waals surface area contributed by atoms with Gasteiger partial charge in [0.2, 0.25) is 5.95 Å². The van der Waals surface area contributed by atoms with Gasteiger partial charge in [0, 0.05) is 42.3 Å². The molecular formula is C41H29N3S. The monoisotopic (exact) mass is 595 g/mol. The molecule has 8 aromatic rings. The summed E-state index contributed by atoms with van der Waals surface area (Å²) in [6.07, 6.45) is 0. The first-order chi connectivity index (χ1) is 22.0. The number of hydrogen-bond donors (Lipinski definition) is 0. The number of allylic oxidation sites excluding steroid dienone is 1. The molecule has 0 amide bonds. The Balaban J connectivity index is 1.41. The van der Waals surface area contributed by atoms with Gasteiger partial charge in [-0.15, -0.1) is 0 Å². The molecule has 1 aliphatic heterocycles. The van der Waals surface area contributed by atoms with Crippen molar-refractivity contribution in [2.24, 2.45) is 0 Å². The van der Waals surface area contributed by atoms with E-state index in [2.05, 4.69) is 146 Å². The van der Waals surface area contributed by atoms with Gasteiger partial charge in [-0.25, -0.2) is 9.97 Å². The van der Waals surface area contributed by atoms with Crippen molar-refractivity contribution in [1.82, 2.24) is 14.5 Å². The van der Waals surface area contributed by atoms with E-state index in [9.17, 15) is 0 Å². The molecule has 0 saturated carbocycles. The van der Waals surface area contributed by atoms with Gasteiger partial charge in [-0.1, -0.05) is 135 Å². The van der Waals surface area contributed by atoms with Crippen LogP contribution in [0.3, 0.4) is 0 Å². The Kier molecular flexibility index (Phi) is 5.63. The average molecular weight is 596 g/mol. The quantitative estimate of drug-likeness (QED) is 0.186. The van der Waals surface area contributed by atoms with Crippen molar-refractivity contribution < 1.29 is 0 Å². The largest absolute Gasteiger partial charge is 0.278 e. The van der Waals surface area contributed by atoms with Crippen LogP contribution in [0.5, 0.6) is 0 Å². The molecule has 0 bridgehead atoms. The summed E-state index contributed by atoms with van der Waals surface area (Å²) in [6, 6.07) is 45.2. The van der Waals surface area contributed by atoms with E-state index in [0.717, 1.165) is 49.5 Å². The summed E-state index contributed by atoms with van der Waals surface area (Å²) in [5, 5.41) is 5.73. The molecule has 2 aromatic heterocycles. The fourth-order valence-corrected chi connectivity index (χ4v) is 8.45. The Morgan fingerprint density at radius 2 is 1.38 bits per heavy atom. The molecule has 6 aromatic carbocycles. The summed E-state index contributed by atoms with van der Waals surface area (Å²) in [5.74, 6) is 0.669. The Hall–Kier alpha value is -5.19. The molecule has 0 saturated heterocycles. The van der Waals surface area contributed by atoms with Crippen molar-refractivity contribution in [2.45, 2.75) is 29.1 Å². The molecule has 0 atom stereocenters. The van der Waals surface area contributed by atoms with E-state index in [1.54, 1.807) is 0 Å². The molecule has 0 aliphatic carbocycles. The number of para-hydroxylation sites is 1. The highest BCUT2D eigenvalue weighted by atomic mass is 32.2. The Morgan fingerprint density at radius 1 is 0.644 bits per heavy atom. The predicted octanol–water partition coefficient (Wildman–Crippen LogP) is 11.0. The van der Waals surface area contributed by atoms with Gasteiger partial charge < -0.3 is 0 Å². The first-order valence-electron chi connectivity index (χ1n) is 15.3. The van der Waals surface area contributed by atoms with E-state index in [1.807, 2.05) is 17.8 Å². The predicted molar refractivity (Wildman–Crippen MR) is 189 cm³/mol. The van der Waals surface area contributed by atoms with Crippen molar-refractivity contribution in [3.05, 3.63) is 145 Å². The molecule has 214 valence electrons. The van der Waals surface area contributed by atoms with Crippen LogP contribution in [0.25, 0.3) is 66.3 Å². The van der Waals surface area contributed by atoms with Crippen LogP contribution in [-0.2, 0) is 5.41 Å². The Labute approximate surface area is 265 Å². The minimum atomic E-state index is -0.200. The number of aromatic nitrogens is 3. The lowest BCUT2D eigenvalue weighted by atomic mass is 9.75. The maximum Gasteiger partial charge on any atom is 0.235 e. The second-order valence-electron chi connectivity index (χ2n) is 12.3. The average Bonchev–Trinajstić information content (AvgIpc) is 3.39. The molecule has 0 spiro atoms. The van der Waals surface area contributed by atoms with Crippen LogP contribution in [0.1, 0.15) is 25.0 Å². The molecule has 0 unspecified atom stereocenters. The zero-order valence-electron chi connectivity index (χ0n) is 25.1. The van der Waals surface area contributed by atoms with Crippen LogP contribution >= 0.6 is 11.8 Å². The minimum Gasteiger partial charge on any atom is -0.278 e. The second kappa shape index (κ2) is 9.65. The number of benzene rings is 6. The molecule has 0 N–H and O–H groups in total. The lowest BCUT2D eigenvalue weighted by molar-refractivity contribution is 0.679. The zero-order chi connectivity index (χ0) is 30.3. The molecule has 1 aliphatic rings. The number of fused-ring (bicyclic) bond motifs is 9. The molecule has 3 nitrogen and oxygen atoms in total. The first kappa shape index (κ1) is 26.2. The normalized spacial score (nSPS) is 14.1. The van der Waals surface area contributed by atoms with Crippen LogP contribution in [0.2, 0.25) is 0 Å². The van der Waals surface area contributed by atoms with Crippen molar-refractivity contribution in [2.75, 3.05) is 0 Å². The van der Waals surface area contributed by atoms with Crippen molar-refractivity contribution in [1.29, 1.82) is 0 Å². The maximum absolute atomic E-state index is 5.36. The topological polar surface area (TPSA) is 30.7 Å². The highest BCUT2D eigenvalue weighted by Gasteiger charge is 2.34. The van der Waals surface area contributed by atoms with Crippen molar-refractivity contribution in [3.8, 4) is 17.2 Å². The van der Waals surface area contributed by atoms with E-state index in [1.165, 1.54) is 31.7 Å². The summed E-state index contributed by atoms with van der Waals surface area (Å²) in [5.41, 5.74) is 8.58. The summed E-state index contributed by atoms with van der Waals surface area (Å²) < 4.78 is 2.25. The Morgan fingerprint density at radius 3 is 2.24 bits per heavy atom. The van der Waals surface area contributed by atoms with Gasteiger partial charge in [0.25, 0.3) is 0 Å². The molecule has 4 heteroatoms. The van der Waals surface area contributed by atoms with Crippen LogP contribution in [0.15, 0.2) is 144 Å². The van der Waals surface area contributed by atoms with E-state index < -0.39 is 0 Å². The number of rotatable bonds is 2. The second-order valence-corrected chi connectivity index (χ2v) is 13.4. The number of nitrogens with zero attached hydrogens (tertiary/aromatic N) is 3. The smallest absolute Gasteiger partial charge is 0.235 e. The summed E-state index contributed by atoms with van der Waals surface area (Å²) >= 11 is 1.85. The van der Waals surface area contributed by atoms with Gasteiger partial charge in [-0.2, -0.15) is 0 Å². The van der Waals surface area contributed by atoms with E-state index >= 15 is 0 Å². The molecule has 0 radical (unpaired) electrons. The molecular weight excluding hydrogens is 567 g/mol. The lowest BCUT2D eigenvalue weighted by Gasteiger charge is -2.28. The Bertz CT molecular complexity index is 2510. The summed E-state index contributed by atoms with van der Waals surface area (Å²) in [4.78, 5) is 13.2. The van der Waals surface area contributed by atoms with Gasteiger partial charge >= 0.3 is 0 Å². The fraction of sp³-hybridized carbons (Fsp3) is 0.0732. The standard InChI is InChI=1S/C41H29N3S/c1-25-28-23-24-34-36(39(28)45-35-20-12-10-18-32(35)41(25,2)3)30-17-9-11-19-33(30)44(34)40-42-37(27-14-5-4-6-15-27)31-22-21-26-13-7-8-16-29(26)38(31)43-40/h4-24H,1H2,2-3H3. The minimum absolute atomic E-state index is 0.200. The van der Waals surface area contributed by atoms with E-state index in [-0.39, 0.29) is 5.41 Å². The first-order valence-corrected chi connectivity index (χ1v) is 16.1. The summed E-state index contributed by atoms with van der Waals surface area (Å²) in [7, 11) is 0. The third-order valence-corrected chi connectivity index (χ3v) is 10.7. The van der Waals surface area contributed by atoms with Crippen LogP contribution < -0.4 is 0 Å². The van der Waals surface area contributed by atoms with Crippen LogP contribution in [-0.4, -0.2) is 14.5 Å². The fourth-order valence-electron chi connectivity index (χ4n) is 7.04. The van der Waals surface area contributed by atoms with Crippen molar-refractivity contribution >= 4 is 60.8 Å². The van der Waals surface area contributed by atoms with Gasteiger partial charge in [0.05, 0.1) is 22.2 Å². The third-order valence-electron chi connectivity index (χ3n) is 9.47. The summed E-state index contributed by atoms with van der Waals surface area (Å²) in [6.45, 7) is 9.26. The molecule has 9 rings (SSSR count). The SMILES string of the molecule is C=C1c2ccc3c(c2Sc2ccccc2C1(C)C)c1ccccc1n3-c1nc(-c2ccccc2)c2ccc3ccccc3c2n1. The zero-order valence-corrected chi connectivity index (χ0v) is 25.9. The van der Waals surface area contributed by atoms with Crippen molar-refractivity contribution in [3.63, 3.8) is 0 Å². The highest BCUT2D eigenvalue weighted by molar-refractivity contribution is 7.99. The molecule has 0 fully saturated rings. The molecule has 45 heavy (non-hydrogen) atoms. The van der Waals surface area contributed by atoms with Gasteiger partial charge in [-0.3, -0.25) is 4.57 Å². The number of hydrogen-bond acceptors (Lipinski definition) is 3. The van der Waals surface area contributed by atoms with Gasteiger partial charge in [0.15, 0.2) is 0 Å². The van der Waals surface area contributed by atoms with Gasteiger partial charge in [-0.05, 0) is 46.4 Å². The van der Waals surface area contributed by atoms with E-state index in [0.29, 0.717) is 5.95 Å². The third kappa shape index (κ3) is 3.79. The van der Waals surface area contributed by atoms with Gasteiger partial charge in [0.1, 0.15) is 0 Å². The van der Waals surface area contributed by atoms with Crippen LogP contribution in [0.4, 0.5) is 0 Å².